The number of aliphatic hydroxyl groups is 1. The zero-order valence-corrected chi connectivity index (χ0v) is 15.5. The molecule has 3 nitrogen and oxygen atoms in total. The number of nitriles is 1. The zero-order valence-electron chi connectivity index (χ0n) is 15.5. The molecule has 25 heavy (non-hydrogen) atoms. The van der Waals surface area contributed by atoms with Crippen molar-refractivity contribution in [2.75, 3.05) is 6.61 Å². The van der Waals surface area contributed by atoms with Gasteiger partial charge in [0.1, 0.15) is 6.04 Å². The van der Waals surface area contributed by atoms with E-state index in [4.69, 9.17) is 0 Å². The van der Waals surface area contributed by atoms with E-state index in [9.17, 15) is 10.4 Å². The van der Waals surface area contributed by atoms with Crippen LogP contribution in [-0.4, -0.2) is 17.8 Å². The van der Waals surface area contributed by atoms with Crippen LogP contribution >= 0.6 is 0 Å². The van der Waals surface area contributed by atoms with E-state index in [-0.39, 0.29) is 24.1 Å². The van der Waals surface area contributed by atoms with Crippen LogP contribution in [0, 0.1) is 33.5 Å². The van der Waals surface area contributed by atoms with Gasteiger partial charge in [-0.15, -0.1) is 0 Å². The first-order valence-corrected chi connectivity index (χ1v) is 9.71. The second kappa shape index (κ2) is 5.83. The zero-order chi connectivity index (χ0) is 17.7. The van der Waals surface area contributed by atoms with Crippen molar-refractivity contribution in [3.8, 4) is 6.07 Å². The third kappa shape index (κ3) is 2.90. The highest BCUT2D eigenvalue weighted by atomic mass is 16.3. The van der Waals surface area contributed by atoms with Crippen molar-refractivity contribution in [3.63, 3.8) is 0 Å². The number of benzene rings is 1. The number of hydrogen-bond donors (Lipinski definition) is 2. The van der Waals surface area contributed by atoms with Gasteiger partial charge in [-0.05, 0) is 60.8 Å². The van der Waals surface area contributed by atoms with Gasteiger partial charge in [0.05, 0.1) is 18.7 Å². The lowest BCUT2D eigenvalue weighted by atomic mass is 9.39. The summed E-state index contributed by atoms with van der Waals surface area (Å²) in [6.45, 7) is 4.91. The van der Waals surface area contributed by atoms with Gasteiger partial charge in [0.2, 0.25) is 0 Å². The molecular weight excluding hydrogens is 308 g/mol. The smallest absolute Gasteiger partial charge is 0.102 e. The molecule has 1 aromatic rings. The van der Waals surface area contributed by atoms with Crippen LogP contribution in [0.15, 0.2) is 30.3 Å². The van der Waals surface area contributed by atoms with Gasteiger partial charge in [-0.1, -0.05) is 44.2 Å². The summed E-state index contributed by atoms with van der Waals surface area (Å²) in [6.07, 6.45) is 7.48. The van der Waals surface area contributed by atoms with Crippen LogP contribution in [0.5, 0.6) is 0 Å². The second-order valence-corrected chi connectivity index (χ2v) is 9.87. The van der Waals surface area contributed by atoms with Gasteiger partial charge in [-0.25, -0.2) is 0 Å². The second-order valence-electron chi connectivity index (χ2n) is 9.87. The Balaban J connectivity index is 1.62. The highest BCUT2D eigenvalue weighted by Crippen LogP contribution is 2.70. The lowest BCUT2D eigenvalue weighted by molar-refractivity contribution is -0.152. The van der Waals surface area contributed by atoms with E-state index < -0.39 is 0 Å². The summed E-state index contributed by atoms with van der Waals surface area (Å²) in [5.74, 6) is 0.771. The third-order valence-electron chi connectivity index (χ3n) is 7.16. The van der Waals surface area contributed by atoms with Crippen molar-refractivity contribution < 1.29 is 5.11 Å². The van der Waals surface area contributed by atoms with Gasteiger partial charge in [0.25, 0.3) is 0 Å². The van der Waals surface area contributed by atoms with Crippen LogP contribution in [0.2, 0.25) is 0 Å². The molecule has 0 saturated heterocycles. The number of hydrogen-bond acceptors (Lipinski definition) is 3. The van der Waals surface area contributed by atoms with Crippen molar-refractivity contribution in [2.45, 2.75) is 64.5 Å². The molecule has 5 rings (SSSR count). The maximum Gasteiger partial charge on any atom is 0.102 e. The molecule has 0 aliphatic heterocycles. The maximum atomic E-state index is 10.1. The van der Waals surface area contributed by atoms with Gasteiger partial charge in [0, 0.05) is 5.41 Å². The standard InChI is InChI=1S/C22H30N2O/c1-20-8-16-9-21(2,13-20)15-22(10-16,14-20)19(11-23)24-18(12-25)17-6-4-3-5-7-17/h3-7,16,18-19,24-25H,8-10,12-15H2,1-2H3/t16?,18-,19+,20?,21?,22?/m0/s1. The van der Waals surface area contributed by atoms with Crippen molar-refractivity contribution in [1.82, 2.24) is 5.32 Å². The first-order valence-electron chi connectivity index (χ1n) is 9.71. The molecular formula is C22H30N2O. The lowest BCUT2D eigenvalue weighted by Gasteiger charge is -2.66. The minimum absolute atomic E-state index is 0.0240. The molecule has 0 heterocycles. The van der Waals surface area contributed by atoms with Crippen LogP contribution in [0.1, 0.15) is 64.0 Å². The number of rotatable bonds is 5. The van der Waals surface area contributed by atoms with Crippen LogP contribution in [-0.2, 0) is 0 Å². The van der Waals surface area contributed by atoms with Crippen LogP contribution in [0.25, 0.3) is 0 Å². The van der Waals surface area contributed by atoms with Gasteiger partial charge < -0.3 is 5.11 Å². The van der Waals surface area contributed by atoms with E-state index in [0.717, 1.165) is 24.3 Å². The predicted molar refractivity (Wildman–Crippen MR) is 98.6 cm³/mol. The lowest BCUT2D eigenvalue weighted by Crippen LogP contribution is -2.61. The van der Waals surface area contributed by atoms with Crippen molar-refractivity contribution in [3.05, 3.63) is 35.9 Å². The number of nitrogens with zero attached hydrogens (tertiary/aromatic N) is 1. The molecule has 4 aliphatic rings. The predicted octanol–water partition coefficient (Wildman–Crippen LogP) is 4.20. The van der Waals surface area contributed by atoms with Crippen LogP contribution in [0.3, 0.4) is 0 Å². The highest BCUT2D eigenvalue weighted by Gasteiger charge is 2.62. The summed E-state index contributed by atoms with van der Waals surface area (Å²) in [6, 6.07) is 12.3. The quantitative estimate of drug-likeness (QED) is 0.846. The van der Waals surface area contributed by atoms with Crippen molar-refractivity contribution in [1.29, 1.82) is 5.26 Å². The monoisotopic (exact) mass is 338 g/mol. The van der Waals surface area contributed by atoms with Crippen LogP contribution < -0.4 is 5.32 Å². The fraction of sp³-hybridized carbons (Fsp3) is 0.682. The van der Waals surface area contributed by atoms with E-state index >= 15 is 0 Å². The summed E-state index contributed by atoms with van der Waals surface area (Å²) in [5.41, 5.74) is 1.92. The van der Waals surface area contributed by atoms with Crippen LogP contribution in [0.4, 0.5) is 0 Å². The SMILES string of the molecule is CC12CC3CC(C)(C1)CC([C@@H](C#N)N[C@@H](CO)c1ccccc1)(C3)C2. The first kappa shape index (κ1) is 17.1. The topological polar surface area (TPSA) is 56.0 Å². The first-order chi connectivity index (χ1) is 11.9. The summed E-state index contributed by atoms with van der Waals surface area (Å²) < 4.78 is 0. The van der Waals surface area contributed by atoms with E-state index in [1.807, 2.05) is 30.3 Å². The average molecular weight is 338 g/mol. The van der Waals surface area contributed by atoms with Gasteiger partial charge >= 0.3 is 0 Å². The third-order valence-corrected chi connectivity index (χ3v) is 7.16. The summed E-state index contributed by atoms with van der Waals surface area (Å²) >= 11 is 0. The van der Waals surface area contributed by atoms with Gasteiger partial charge in [-0.2, -0.15) is 5.26 Å². The van der Waals surface area contributed by atoms with E-state index in [0.29, 0.717) is 10.8 Å². The number of aliphatic hydroxyl groups excluding tert-OH is 1. The molecule has 1 aromatic carbocycles. The minimum atomic E-state index is -0.188. The molecule has 4 atom stereocenters. The number of nitrogens with one attached hydrogen (secondary N) is 1. The minimum Gasteiger partial charge on any atom is -0.394 e. The molecule has 4 bridgehead atoms. The molecule has 0 aromatic heterocycles. The normalized spacial score (nSPS) is 41.3. The van der Waals surface area contributed by atoms with Gasteiger partial charge in [-0.3, -0.25) is 5.32 Å². The summed E-state index contributed by atoms with van der Waals surface area (Å²) in [5, 5.41) is 23.5. The maximum absolute atomic E-state index is 10.1. The molecule has 2 N–H and O–H groups in total. The summed E-state index contributed by atoms with van der Waals surface area (Å²) in [7, 11) is 0. The molecule has 134 valence electrons. The molecule has 3 heteroatoms. The summed E-state index contributed by atoms with van der Waals surface area (Å²) in [4.78, 5) is 0. The Hall–Kier alpha value is -1.37. The van der Waals surface area contributed by atoms with Crippen molar-refractivity contribution >= 4 is 0 Å². The largest absolute Gasteiger partial charge is 0.394 e. The fourth-order valence-electron chi connectivity index (χ4n) is 7.35. The van der Waals surface area contributed by atoms with Crippen molar-refractivity contribution in [2.24, 2.45) is 22.2 Å². The molecule has 4 saturated carbocycles. The molecule has 0 radical (unpaired) electrons. The van der Waals surface area contributed by atoms with E-state index in [1.165, 1.54) is 25.7 Å². The average Bonchev–Trinajstić information content (AvgIpc) is 2.53. The molecule has 2 unspecified atom stereocenters. The Morgan fingerprint density at radius 3 is 2.28 bits per heavy atom. The molecule has 4 aliphatic carbocycles. The Morgan fingerprint density at radius 1 is 1.12 bits per heavy atom. The van der Waals surface area contributed by atoms with E-state index in [1.54, 1.807) is 0 Å². The Kier molecular flexibility index (Phi) is 3.98. The fourth-order valence-corrected chi connectivity index (χ4v) is 7.35. The van der Waals surface area contributed by atoms with E-state index in [2.05, 4.69) is 25.2 Å². The highest BCUT2D eigenvalue weighted by molar-refractivity contribution is 5.22. The Labute approximate surface area is 151 Å². The van der Waals surface area contributed by atoms with Gasteiger partial charge in [0.15, 0.2) is 0 Å². The molecule has 0 amide bonds. The Morgan fingerprint density at radius 2 is 1.76 bits per heavy atom. The Bertz CT molecular complexity index is 661. The molecule has 4 fully saturated rings. The molecule has 0 spiro atoms.